The molecule has 12 heteroatoms. The molecule has 0 aromatic carbocycles. The summed E-state index contributed by atoms with van der Waals surface area (Å²) in [6, 6.07) is 0. The predicted molar refractivity (Wildman–Crippen MR) is 108 cm³/mol. The van der Waals surface area contributed by atoms with Gasteiger partial charge in [-0.1, -0.05) is 23.5 Å². The van der Waals surface area contributed by atoms with Gasteiger partial charge in [-0.3, -0.25) is 14.4 Å². The van der Waals surface area contributed by atoms with E-state index in [4.69, 9.17) is 11.6 Å². The zero-order valence-electron chi connectivity index (χ0n) is 16.2. The van der Waals surface area contributed by atoms with Crippen LogP contribution < -0.4 is 11.6 Å². The van der Waals surface area contributed by atoms with E-state index >= 15 is 0 Å². The van der Waals surface area contributed by atoms with E-state index in [-0.39, 0.29) is 35.1 Å². The molecule has 1 saturated heterocycles. The molecule has 0 aliphatic carbocycles. The molecule has 0 radical (unpaired) electrons. The Kier molecular flexibility index (Phi) is 8.42. The number of nitrogens with two attached hydrogens (primary N) is 2. The van der Waals surface area contributed by atoms with Crippen LogP contribution >= 0.6 is 23.5 Å². The maximum absolute atomic E-state index is 12.4. The molecular formula is C16H27N7O3S2. The zero-order valence-corrected chi connectivity index (χ0v) is 17.8. The second-order valence-corrected chi connectivity index (χ2v) is 8.24. The molecule has 0 spiro atoms. The fourth-order valence-corrected chi connectivity index (χ4v) is 4.48. The van der Waals surface area contributed by atoms with Crippen LogP contribution in [-0.4, -0.2) is 80.1 Å². The Hall–Kier alpha value is -1.95. The minimum absolute atomic E-state index is 0.0106. The van der Waals surface area contributed by atoms with Crippen LogP contribution in [0.1, 0.15) is 26.7 Å². The molecule has 1 atom stereocenters. The number of carbonyl (C=O) groups is 3. The molecule has 4 N–H and O–H groups in total. The fraction of sp³-hybridized carbons (Fsp3) is 0.688. The molecule has 3 amide bonds. The predicted octanol–water partition coefficient (Wildman–Crippen LogP) is -0.232. The van der Waals surface area contributed by atoms with Crippen LogP contribution in [-0.2, 0) is 14.4 Å². The van der Waals surface area contributed by atoms with E-state index in [0.717, 1.165) is 12.8 Å². The highest BCUT2D eigenvalue weighted by atomic mass is 32.2. The van der Waals surface area contributed by atoms with Gasteiger partial charge in [-0.25, -0.2) is 4.68 Å². The summed E-state index contributed by atoms with van der Waals surface area (Å²) in [6.45, 7) is 6.14. The molecule has 156 valence electrons. The topological polar surface area (TPSA) is 140 Å². The summed E-state index contributed by atoms with van der Waals surface area (Å²) in [5.74, 6) is 5.63. The van der Waals surface area contributed by atoms with Crippen LogP contribution in [0.4, 0.5) is 0 Å². The third-order valence-electron chi connectivity index (χ3n) is 4.58. The van der Waals surface area contributed by atoms with E-state index in [1.807, 2.05) is 13.8 Å². The Morgan fingerprint density at radius 3 is 2.32 bits per heavy atom. The summed E-state index contributed by atoms with van der Waals surface area (Å²) in [7, 11) is 0. The van der Waals surface area contributed by atoms with Gasteiger partial charge in [0.2, 0.25) is 28.0 Å². The Labute approximate surface area is 172 Å². The average Bonchev–Trinajstić information content (AvgIpc) is 3.05. The number of nitrogens with zero attached hydrogens (tertiary/aromatic N) is 5. The maximum Gasteiger partial charge on any atom is 0.233 e. The van der Waals surface area contributed by atoms with Gasteiger partial charge in [0, 0.05) is 26.2 Å². The number of hydrogen-bond donors (Lipinski definition) is 2. The van der Waals surface area contributed by atoms with E-state index in [9.17, 15) is 14.4 Å². The fourth-order valence-electron chi connectivity index (χ4n) is 2.91. The first kappa shape index (κ1) is 22.3. The van der Waals surface area contributed by atoms with Gasteiger partial charge < -0.3 is 21.4 Å². The second-order valence-electron chi connectivity index (χ2n) is 6.36. The third kappa shape index (κ3) is 5.77. The molecule has 2 rings (SSSR count). The van der Waals surface area contributed by atoms with Crippen molar-refractivity contribution in [3.05, 3.63) is 0 Å². The van der Waals surface area contributed by atoms with Gasteiger partial charge in [0.15, 0.2) is 0 Å². The second kappa shape index (κ2) is 10.6. The van der Waals surface area contributed by atoms with Gasteiger partial charge in [0.1, 0.15) is 0 Å². The minimum Gasteiger partial charge on any atom is -0.369 e. The van der Waals surface area contributed by atoms with E-state index in [2.05, 4.69) is 10.2 Å². The first-order chi connectivity index (χ1) is 13.4. The lowest BCUT2D eigenvalue weighted by Gasteiger charge is -2.31. The molecule has 1 aliphatic rings. The Balaban J connectivity index is 1.86. The smallest absolute Gasteiger partial charge is 0.233 e. The number of rotatable bonds is 9. The lowest BCUT2D eigenvalue weighted by molar-refractivity contribution is -0.132. The van der Waals surface area contributed by atoms with Crippen LogP contribution in [0.15, 0.2) is 10.3 Å². The molecule has 0 bridgehead atoms. The molecule has 2 heterocycles. The average molecular weight is 430 g/mol. The van der Waals surface area contributed by atoms with Gasteiger partial charge in [-0.2, -0.15) is 0 Å². The highest BCUT2D eigenvalue weighted by Gasteiger charge is 2.27. The molecule has 1 aromatic rings. The van der Waals surface area contributed by atoms with Crippen molar-refractivity contribution in [2.45, 2.75) is 37.0 Å². The van der Waals surface area contributed by atoms with Gasteiger partial charge in [-0.15, -0.1) is 10.2 Å². The number of piperidine rings is 1. The minimum atomic E-state index is -0.368. The quantitative estimate of drug-likeness (QED) is 0.405. The SMILES string of the molecule is CCN(CC)C(=O)CSc1nnc(SCC(=O)N2CCCC(C(N)=O)C2)n1N. The van der Waals surface area contributed by atoms with Crippen molar-refractivity contribution in [1.82, 2.24) is 24.7 Å². The largest absolute Gasteiger partial charge is 0.369 e. The third-order valence-corrected chi connectivity index (χ3v) is 6.43. The van der Waals surface area contributed by atoms with E-state index in [1.165, 1.54) is 28.2 Å². The molecule has 1 aliphatic heterocycles. The normalized spacial score (nSPS) is 16.8. The van der Waals surface area contributed by atoms with Crippen molar-refractivity contribution in [2.24, 2.45) is 11.7 Å². The van der Waals surface area contributed by atoms with Crippen molar-refractivity contribution in [2.75, 3.05) is 43.5 Å². The standard InChI is InChI=1S/C16H27N7O3S2/c1-3-21(4-2)12(24)9-27-15-19-20-16(23(15)18)28-10-13(25)22-7-5-6-11(8-22)14(17)26/h11H,3-10,18H2,1-2H3,(H2,17,26). The molecular weight excluding hydrogens is 402 g/mol. The lowest BCUT2D eigenvalue weighted by atomic mass is 9.97. The number of thioether (sulfide) groups is 2. The number of carbonyl (C=O) groups excluding carboxylic acids is 3. The Morgan fingerprint density at radius 2 is 1.75 bits per heavy atom. The first-order valence-electron chi connectivity index (χ1n) is 9.18. The summed E-state index contributed by atoms with van der Waals surface area (Å²) in [5.41, 5.74) is 5.35. The number of hydrogen-bond acceptors (Lipinski definition) is 8. The van der Waals surface area contributed by atoms with Crippen molar-refractivity contribution in [3.8, 4) is 0 Å². The first-order valence-corrected chi connectivity index (χ1v) is 11.1. The molecule has 28 heavy (non-hydrogen) atoms. The van der Waals surface area contributed by atoms with Crippen LogP contribution in [0.5, 0.6) is 0 Å². The summed E-state index contributed by atoms with van der Waals surface area (Å²) in [4.78, 5) is 39.2. The highest BCUT2D eigenvalue weighted by molar-refractivity contribution is 8.00. The van der Waals surface area contributed by atoms with Gasteiger partial charge in [0.05, 0.1) is 17.4 Å². The number of primary amides is 1. The molecule has 0 saturated carbocycles. The molecule has 10 nitrogen and oxygen atoms in total. The van der Waals surface area contributed by atoms with Crippen LogP contribution in [0, 0.1) is 5.92 Å². The molecule has 1 fully saturated rings. The van der Waals surface area contributed by atoms with Crippen molar-refractivity contribution >= 4 is 41.2 Å². The molecule has 1 aromatic heterocycles. The van der Waals surface area contributed by atoms with Crippen molar-refractivity contribution in [1.29, 1.82) is 0 Å². The Bertz CT molecular complexity index is 708. The van der Waals surface area contributed by atoms with Crippen LogP contribution in [0.2, 0.25) is 0 Å². The van der Waals surface area contributed by atoms with Gasteiger partial charge >= 0.3 is 0 Å². The summed E-state index contributed by atoms with van der Waals surface area (Å²) < 4.78 is 1.29. The van der Waals surface area contributed by atoms with E-state index in [0.29, 0.717) is 36.5 Å². The maximum atomic E-state index is 12.4. The monoisotopic (exact) mass is 429 g/mol. The van der Waals surface area contributed by atoms with Gasteiger partial charge in [0.25, 0.3) is 0 Å². The summed E-state index contributed by atoms with van der Waals surface area (Å²) in [5, 5.41) is 8.81. The number of likely N-dealkylation sites (tertiary alicyclic amines) is 1. The zero-order chi connectivity index (χ0) is 20.7. The van der Waals surface area contributed by atoms with Crippen LogP contribution in [0.3, 0.4) is 0 Å². The Morgan fingerprint density at radius 1 is 1.14 bits per heavy atom. The number of nitrogen functional groups attached to an aromatic ring is 1. The summed E-state index contributed by atoms with van der Waals surface area (Å²) >= 11 is 2.39. The van der Waals surface area contributed by atoms with E-state index in [1.54, 1.807) is 9.80 Å². The summed E-state index contributed by atoms with van der Waals surface area (Å²) in [6.07, 6.45) is 1.48. The van der Waals surface area contributed by atoms with Crippen LogP contribution in [0.25, 0.3) is 0 Å². The van der Waals surface area contributed by atoms with Crippen molar-refractivity contribution < 1.29 is 14.4 Å². The van der Waals surface area contributed by atoms with Gasteiger partial charge in [-0.05, 0) is 26.7 Å². The number of aromatic nitrogens is 3. The van der Waals surface area contributed by atoms with E-state index < -0.39 is 0 Å². The van der Waals surface area contributed by atoms with Crippen molar-refractivity contribution in [3.63, 3.8) is 0 Å². The molecule has 1 unspecified atom stereocenters. The lowest BCUT2D eigenvalue weighted by Crippen LogP contribution is -2.44. The highest BCUT2D eigenvalue weighted by Crippen LogP contribution is 2.22. The number of amides is 3.